The summed E-state index contributed by atoms with van der Waals surface area (Å²) in [6.07, 6.45) is -8.98. The molecule has 6 nitrogen and oxygen atoms in total. The molecule has 0 atom stereocenters. The summed E-state index contributed by atoms with van der Waals surface area (Å²) in [4.78, 5) is 0. The second kappa shape index (κ2) is 9.13. The predicted octanol–water partition coefficient (Wildman–Crippen LogP) is 6.35. The molecule has 0 fully saturated rings. The van der Waals surface area contributed by atoms with E-state index < -0.39 is 23.5 Å². The summed E-state index contributed by atoms with van der Waals surface area (Å²) in [6, 6.07) is 23.8. The molecule has 0 saturated carbocycles. The number of aromatic nitrogens is 6. The predicted molar refractivity (Wildman–Crippen MR) is 136 cm³/mol. The van der Waals surface area contributed by atoms with Crippen LogP contribution in [0.3, 0.4) is 0 Å². The van der Waals surface area contributed by atoms with Gasteiger partial charge in [-0.05, 0) is 48.5 Å². The average Bonchev–Trinajstić information content (AvgIpc) is 3.61. The first-order chi connectivity index (χ1) is 20.1. The van der Waals surface area contributed by atoms with Crippen LogP contribution in [0.25, 0.3) is 11.4 Å². The Balaban J connectivity index is 1.66. The minimum atomic E-state index is -4.49. The van der Waals surface area contributed by atoms with Crippen LogP contribution in [0.2, 0.25) is 0 Å². The third-order valence-corrected chi connectivity index (χ3v) is 7.09. The second-order valence-electron chi connectivity index (χ2n) is 9.58. The van der Waals surface area contributed by atoms with E-state index in [1.54, 1.807) is 24.3 Å². The Morgan fingerprint density at radius 3 is 1.10 bits per heavy atom. The first kappa shape index (κ1) is 25.7. The van der Waals surface area contributed by atoms with Crippen molar-refractivity contribution in [3.8, 4) is 11.4 Å². The zero-order valence-electron chi connectivity index (χ0n) is 21.2. The van der Waals surface area contributed by atoms with E-state index in [1.807, 2.05) is 24.3 Å². The van der Waals surface area contributed by atoms with Gasteiger partial charge < -0.3 is 0 Å². The highest BCUT2D eigenvalue weighted by Gasteiger charge is 2.31. The van der Waals surface area contributed by atoms with E-state index in [0.29, 0.717) is 53.6 Å². The van der Waals surface area contributed by atoms with E-state index in [4.69, 9.17) is 0 Å². The molecule has 0 amide bonds. The van der Waals surface area contributed by atoms with Crippen molar-refractivity contribution in [3.63, 3.8) is 0 Å². The maximum atomic E-state index is 13.2. The molecule has 0 saturated heterocycles. The van der Waals surface area contributed by atoms with Crippen molar-refractivity contribution >= 4 is 0 Å². The quantitative estimate of drug-likeness (QED) is 0.226. The molecule has 7 rings (SSSR count). The smallest absolute Gasteiger partial charge is 0.212 e. The van der Waals surface area contributed by atoms with Crippen LogP contribution >= 0.6 is 0 Å². The topological polar surface area (TPSA) is 61.4 Å². The number of benzene rings is 4. The fourth-order valence-corrected chi connectivity index (χ4v) is 5.15. The summed E-state index contributed by atoms with van der Waals surface area (Å²) in [5, 5.41) is 22.2. The molecular weight excluding hydrogens is 558 g/mol. The Kier molecular flexibility index (Phi) is 5.58. The zero-order valence-corrected chi connectivity index (χ0v) is 21.2. The number of hydrogen-bond acceptors (Lipinski definition) is 4. The minimum Gasteiger partial charge on any atom is -0.212 e. The minimum absolute atomic E-state index is 0.373. The van der Waals surface area contributed by atoms with Gasteiger partial charge in [0.2, 0.25) is 0 Å². The molecule has 6 aromatic rings. The molecule has 12 heteroatoms. The van der Waals surface area contributed by atoms with Crippen LogP contribution in [0.5, 0.6) is 0 Å². The third kappa shape index (κ3) is 4.06. The molecule has 42 heavy (non-hydrogen) atoms. The highest BCUT2D eigenvalue weighted by Crippen LogP contribution is 2.30. The van der Waals surface area contributed by atoms with Crippen molar-refractivity contribution in [3.05, 3.63) is 150 Å². The third-order valence-electron chi connectivity index (χ3n) is 7.09. The summed E-state index contributed by atoms with van der Waals surface area (Å²) in [5.74, 6) is 0. The lowest BCUT2D eigenvalue weighted by Gasteiger charge is -2.08. The first-order valence-corrected chi connectivity index (χ1v) is 12.6. The van der Waals surface area contributed by atoms with E-state index in [-0.39, 0.29) is 0 Å². The van der Waals surface area contributed by atoms with Gasteiger partial charge >= 0.3 is 12.4 Å². The molecule has 2 aromatic heterocycles. The molecule has 2 heterocycles. The largest absolute Gasteiger partial charge is 0.416 e. The summed E-state index contributed by atoms with van der Waals surface area (Å²) in [5.41, 5.74) is -0.828. The Bertz CT molecular complexity index is 2210. The summed E-state index contributed by atoms with van der Waals surface area (Å²) in [7, 11) is 0. The van der Waals surface area contributed by atoms with Crippen LogP contribution < -0.4 is 0 Å². The number of rotatable bonds is 2. The van der Waals surface area contributed by atoms with Crippen LogP contribution in [0.1, 0.15) is 11.1 Å². The summed E-state index contributed by atoms with van der Waals surface area (Å²) < 4.78 is 82.4. The molecule has 0 bridgehead atoms. The van der Waals surface area contributed by atoms with Gasteiger partial charge in [-0.2, -0.15) is 26.3 Å². The maximum Gasteiger partial charge on any atom is 0.416 e. The summed E-state index contributed by atoms with van der Waals surface area (Å²) in [6.45, 7) is 0. The summed E-state index contributed by atoms with van der Waals surface area (Å²) >= 11 is 0. The lowest BCUT2D eigenvalue weighted by Crippen LogP contribution is -2.06. The molecule has 0 spiro atoms. The van der Waals surface area contributed by atoms with Crippen molar-refractivity contribution in [2.75, 3.05) is 0 Å². The molecule has 0 radical (unpaired) electrons. The van der Waals surface area contributed by atoms with E-state index in [1.165, 1.54) is 33.6 Å². The van der Waals surface area contributed by atoms with Crippen LogP contribution in [-0.2, 0) is 12.4 Å². The normalized spacial score (nSPS) is 16.0. The molecule has 208 valence electrons. The lowest BCUT2D eigenvalue weighted by atomic mass is 10.1. The molecule has 0 aliphatic heterocycles. The van der Waals surface area contributed by atoms with Crippen molar-refractivity contribution in [1.29, 1.82) is 0 Å². The van der Waals surface area contributed by atoms with Gasteiger partial charge in [0.25, 0.3) is 0 Å². The first-order valence-electron chi connectivity index (χ1n) is 12.6. The van der Waals surface area contributed by atoms with Crippen LogP contribution in [0.4, 0.5) is 26.3 Å². The van der Waals surface area contributed by atoms with Gasteiger partial charge in [0.15, 0.2) is 0 Å². The van der Waals surface area contributed by atoms with Crippen molar-refractivity contribution in [2.45, 2.75) is 12.4 Å². The van der Waals surface area contributed by atoms with Crippen LogP contribution in [0.15, 0.2) is 97.1 Å². The Hall–Kier alpha value is -5.26. The van der Waals surface area contributed by atoms with Crippen LogP contribution in [0, 0.1) is 42.3 Å². The van der Waals surface area contributed by atoms with E-state index in [9.17, 15) is 26.3 Å². The molecular formula is C30H16F6N6. The molecule has 1 aliphatic carbocycles. The number of nitrogens with zero attached hydrogens (tertiary/aromatic N) is 6. The monoisotopic (exact) mass is 574 g/mol. The van der Waals surface area contributed by atoms with Crippen LogP contribution in [-0.4, -0.2) is 30.0 Å². The average molecular weight is 574 g/mol. The van der Waals surface area contributed by atoms with Gasteiger partial charge in [-0.1, -0.05) is 59.0 Å². The fraction of sp³-hybridized carbons (Fsp3) is 0.0667. The van der Waals surface area contributed by atoms with Gasteiger partial charge in [-0.25, -0.2) is 9.36 Å². The van der Waals surface area contributed by atoms with Gasteiger partial charge in [0, 0.05) is 20.9 Å². The Morgan fingerprint density at radius 1 is 0.429 bits per heavy atom. The molecule has 0 N–H and O–H groups in total. The number of alkyl halides is 6. The van der Waals surface area contributed by atoms with Gasteiger partial charge in [-0.15, -0.1) is 10.2 Å². The molecule has 1 aliphatic rings. The van der Waals surface area contributed by atoms with Gasteiger partial charge in [0.1, 0.15) is 21.4 Å². The van der Waals surface area contributed by atoms with Gasteiger partial charge in [-0.3, -0.25) is 0 Å². The maximum absolute atomic E-state index is 13.2. The van der Waals surface area contributed by atoms with E-state index in [2.05, 4.69) is 20.6 Å². The standard InChI is InChI=1S/C30H16F6N6/c31-29(32,33)17-9-13-19(14-10-17)41-27-23-7-3-1-5-21(23)25-28(24-8-4-2-6-22(24)26(27)38-40-41)42(39-37-25)20-15-11-18(12-16-20)30(34,35)36/h1-16H/b25-21+,26-22+,27-23+,28-24+. The van der Waals surface area contributed by atoms with Crippen molar-refractivity contribution in [1.82, 2.24) is 30.0 Å². The molecule has 0 unspecified atom stereocenters. The highest BCUT2D eigenvalue weighted by molar-refractivity contribution is 5.38. The number of fused-ring (bicyclic) bond motifs is 4. The fourth-order valence-electron chi connectivity index (χ4n) is 5.15. The lowest BCUT2D eigenvalue weighted by molar-refractivity contribution is -0.138. The van der Waals surface area contributed by atoms with Crippen molar-refractivity contribution < 1.29 is 26.3 Å². The Labute approximate surface area is 230 Å². The van der Waals surface area contributed by atoms with E-state index in [0.717, 1.165) is 24.3 Å². The number of hydrogen-bond donors (Lipinski definition) is 0. The number of halogens is 6. The highest BCUT2D eigenvalue weighted by atomic mass is 19.4. The second-order valence-corrected chi connectivity index (χ2v) is 9.58. The van der Waals surface area contributed by atoms with Gasteiger partial charge in [0.05, 0.1) is 22.5 Å². The molecule has 4 aromatic carbocycles. The SMILES string of the molecule is FC(F)(F)c1ccc(-n2nnc3/c2=c2/cccc/c2=c2\nnn(-c4ccc(C(F)(F)F)cc4)\c2=c2/cccc/c2=3)cc1. The van der Waals surface area contributed by atoms with Crippen molar-refractivity contribution in [2.24, 2.45) is 0 Å². The zero-order chi connectivity index (χ0) is 29.2. The Morgan fingerprint density at radius 2 is 0.762 bits per heavy atom. The van der Waals surface area contributed by atoms with E-state index >= 15 is 0 Å².